The summed E-state index contributed by atoms with van der Waals surface area (Å²) in [5.41, 5.74) is 1.24. The van der Waals surface area contributed by atoms with Crippen molar-refractivity contribution < 1.29 is 4.74 Å². The van der Waals surface area contributed by atoms with E-state index in [1.807, 2.05) is 30.9 Å². The van der Waals surface area contributed by atoms with Crippen LogP contribution in [0.4, 0.5) is 0 Å². The van der Waals surface area contributed by atoms with E-state index in [1.54, 1.807) is 7.11 Å². The summed E-state index contributed by atoms with van der Waals surface area (Å²) < 4.78 is 5.61. The number of halogens is 1. The first-order chi connectivity index (χ1) is 12.2. The van der Waals surface area contributed by atoms with Gasteiger partial charge in [0.25, 0.3) is 0 Å². The summed E-state index contributed by atoms with van der Waals surface area (Å²) in [5, 5.41) is 7.48. The van der Waals surface area contributed by atoms with Crippen molar-refractivity contribution in [2.45, 2.75) is 31.1 Å². The second-order valence-corrected chi connectivity index (χ2v) is 7.66. The fourth-order valence-electron chi connectivity index (χ4n) is 3.17. The number of hydrogen-bond donors (Lipinski definition) is 2. The average molecular weight is 492 g/mol. The lowest BCUT2D eigenvalue weighted by Gasteiger charge is -2.30. The van der Waals surface area contributed by atoms with Crippen LogP contribution in [0, 0.1) is 0 Å². The second kappa shape index (κ2) is 12.7. The van der Waals surface area contributed by atoms with E-state index in [4.69, 9.17) is 4.74 Å². The largest absolute Gasteiger partial charge is 0.496 e. The van der Waals surface area contributed by atoms with Gasteiger partial charge in [0, 0.05) is 31.0 Å². The van der Waals surface area contributed by atoms with Crippen molar-refractivity contribution in [1.82, 2.24) is 15.5 Å². The molecule has 148 valence electrons. The Bertz CT molecular complexity index is 552. The van der Waals surface area contributed by atoms with Gasteiger partial charge in [0.2, 0.25) is 0 Å². The van der Waals surface area contributed by atoms with E-state index < -0.39 is 0 Å². The van der Waals surface area contributed by atoms with Gasteiger partial charge in [0.1, 0.15) is 5.75 Å². The van der Waals surface area contributed by atoms with E-state index >= 15 is 0 Å². The summed E-state index contributed by atoms with van der Waals surface area (Å²) in [6.07, 6.45) is 4.67. The monoisotopic (exact) mass is 492 g/mol. The van der Waals surface area contributed by atoms with E-state index in [9.17, 15) is 0 Å². The van der Waals surface area contributed by atoms with Crippen LogP contribution >= 0.6 is 35.7 Å². The van der Waals surface area contributed by atoms with Gasteiger partial charge in [-0.15, -0.1) is 24.0 Å². The molecule has 7 heteroatoms. The van der Waals surface area contributed by atoms with Gasteiger partial charge in [-0.05, 0) is 38.3 Å². The van der Waals surface area contributed by atoms with Gasteiger partial charge >= 0.3 is 0 Å². The highest BCUT2D eigenvalue weighted by Gasteiger charge is 2.26. The maximum absolute atomic E-state index is 5.61. The Balaban J connectivity index is 0.00000338. The van der Waals surface area contributed by atoms with Crippen molar-refractivity contribution in [1.29, 1.82) is 0 Å². The number of nitrogens with one attached hydrogen (secondary N) is 2. The average Bonchev–Trinajstić information content (AvgIpc) is 3.18. The Hall–Kier alpha value is -0.670. The van der Waals surface area contributed by atoms with E-state index in [1.165, 1.54) is 18.4 Å². The molecular weight excluding hydrogens is 459 g/mol. The van der Waals surface area contributed by atoms with Crippen molar-refractivity contribution in [3.05, 3.63) is 29.8 Å². The van der Waals surface area contributed by atoms with Crippen LogP contribution in [0.1, 0.15) is 31.4 Å². The highest BCUT2D eigenvalue weighted by molar-refractivity contribution is 14.0. The van der Waals surface area contributed by atoms with Crippen molar-refractivity contribution in [2.24, 2.45) is 4.99 Å². The number of likely N-dealkylation sites (tertiary alicyclic amines) is 1. The number of para-hydroxylation sites is 1. The zero-order valence-electron chi connectivity index (χ0n) is 16.3. The summed E-state index contributed by atoms with van der Waals surface area (Å²) in [7, 11) is 3.57. The third-order valence-corrected chi connectivity index (χ3v) is 5.70. The van der Waals surface area contributed by atoms with Crippen LogP contribution in [-0.2, 0) is 0 Å². The summed E-state index contributed by atoms with van der Waals surface area (Å²) in [4.78, 5) is 6.91. The molecule has 26 heavy (non-hydrogen) atoms. The van der Waals surface area contributed by atoms with Crippen LogP contribution in [0.25, 0.3) is 0 Å². The molecule has 0 radical (unpaired) electrons. The molecule has 2 unspecified atom stereocenters. The third kappa shape index (κ3) is 6.81. The van der Waals surface area contributed by atoms with Gasteiger partial charge < -0.3 is 15.4 Å². The number of ether oxygens (including phenoxy) is 1. The molecule has 0 amide bonds. The Morgan fingerprint density at radius 3 is 2.50 bits per heavy atom. The van der Waals surface area contributed by atoms with E-state index in [-0.39, 0.29) is 30.0 Å². The van der Waals surface area contributed by atoms with Crippen LogP contribution in [0.5, 0.6) is 5.75 Å². The van der Waals surface area contributed by atoms with Gasteiger partial charge in [-0.1, -0.05) is 25.1 Å². The molecule has 1 heterocycles. The number of benzene rings is 1. The predicted octanol–water partition coefficient (Wildman–Crippen LogP) is 3.37. The molecule has 2 atom stereocenters. The van der Waals surface area contributed by atoms with Crippen molar-refractivity contribution in [2.75, 3.05) is 46.6 Å². The topological polar surface area (TPSA) is 48.9 Å². The van der Waals surface area contributed by atoms with Crippen LogP contribution in [0.2, 0.25) is 0 Å². The van der Waals surface area contributed by atoms with Crippen molar-refractivity contribution in [3.63, 3.8) is 0 Å². The maximum atomic E-state index is 5.61. The Kier molecular flexibility index (Phi) is 11.4. The highest BCUT2D eigenvalue weighted by atomic mass is 127. The van der Waals surface area contributed by atoms with Gasteiger partial charge in [0.05, 0.1) is 13.2 Å². The first-order valence-corrected chi connectivity index (χ1v) is 10.3. The first-order valence-electron chi connectivity index (χ1n) is 9.03. The fourth-order valence-corrected chi connectivity index (χ4v) is 3.42. The third-order valence-electron chi connectivity index (χ3n) is 4.73. The Morgan fingerprint density at radius 2 is 1.88 bits per heavy atom. The van der Waals surface area contributed by atoms with Crippen LogP contribution < -0.4 is 15.4 Å². The van der Waals surface area contributed by atoms with Gasteiger partial charge in [0.15, 0.2) is 5.96 Å². The van der Waals surface area contributed by atoms with Crippen LogP contribution in [0.15, 0.2) is 29.3 Å². The molecule has 0 saturated carbocycles. The summed E-state index contributed by atoms with van der Waals surface area (Å²) in [6, 6.07) is 8.63. The SMILES string of the molecule is CN=C(NCC(C)SC)NCC(c1ccccc1OC)N1CCCC1.I. The van der Waals surface area contributed by atoms with Gasteiger partial charge in [-0.2, -0.15) is 11.8 Å². The van der Waals surface area contributed by atoms with Gasteiger partial charge in [-0.3, -0.25) is 9.89 Å². The quantitative estimate of drug-likeness (QED) is 0.331. The smallest absolute Gasteiger partial charge is 0.191 e. The minimum atomic E-state index is 0. The molecule has 5 nitrogen and oxygen atoms in total. The Labute approximate surface area is 179 Å². The summed E-state index contributed by atoms with van der Waals surface area (Å²) >= 11 is 1.85. The number of hydrogen-bond acceptors (Lipinski definition) is 4. The Morgan fingerprint density at radius 1 is 1.23 bits per heavy atom. The molecule has 1 aromatic carbocycles. The molecule has 1 fully saturated rings. The molecule has 2 rings (SSSR count). The molecule has 0 aliphatic carbocycles. The van der Waals surface area contributed by atoms with Crippen molar-refractivity contribution in [3.8, 4) is 5.75 Å². The van der Waals surface area contributed by atoms with E-state index in [0.29, 0.717) is 5.25 Å². The number of rotatable bonds is 8. The first kappa shape index (κ1) is 23.4. The fraction of sp³-hybridized carbons (Fsp3) is 0.632. The number of methoxy groups -OCH3 is 1. The van der Waals surface area contributed by atoms with Crippen molar-refractivity contribution >= 4 is 41.7 Å². The molecule has 1 aliphatic rings. The minimum Gasteiger partial charge on any atom is -0.496 e. The lowest BCUT2D eigenvalue weighted by Crippen LogP contribution is -2.44. The second-order valence-electron chi connectivity index (χ2n) is 6.38. The van der Waals surface area contributed by atoms with Crippen LogP contribution in [0.3, 0.4) is 0 Å². The highest BCUT2D eigenvalue weighted by Crippen LogP contribution is 2.31. The molecule has 1 saturated heterocycles. The maximum Gasteiger partial charge on any atom is 0.191 e. The van der Waals surface area contributed by atoms with Gasteiger partial charge in [-0.25, -0.2) is 0 Å². The van der Waals surface area contributed by atoms with E-state index in [2.05, 4.69) is 45.8 Å². The molecule has 0 bridgehead atoms. The standard InChI is InChI=1S/C19H32N4OS.HI/c1-15(25-4)13-21-19(20-2)22-14-17(23-11-7-8-12-23)16-9-5-6-10-18(16)24-3;/h5-6,9-10,15,17H,7-8,11-14H2,1-4H3,(H2,20,21,22);1H. The molecule has 1 aromatic rings. The lowest BCUT2D eigenvalue weighted by atomic mass is 10.0. The molecule has 0 aromatic heterocycles. The number of nitrogens with zero attached hydrogens (tertiary/aromatic N) is 2. The molecule has 2 N–H and O–H groups in total. The molecule has 1 aliphatic heterocycles. The summed E-state index contributed by atoms with van der Waals surface area (Å²) in [6.45, 7) is 6.21. The number of aliphatic imine (C=N–C) groups is 1. The normalized spacial score (nSPS) is 17.3. The number of thioether (sulfide) groups is 1. The summed E-state index contributed by atoms with van der Waals surface area (Å²) in [5.74, 6) is 1.82. The zero-order valence-corrected chi connectivity index (χ0v) is 19.5. The number of guanidine groups is 1. The molecular formula is C19H33IN4OS. The van der Waals surface area contributed by atoms with Crippen LogP contribution in [-0.4, -0.2) is 62.7 Å². The zero-order chi connectivity index (χ0) is 18.1. The lowest BCUT2D eigenvalue weighted by molar-refractivity contribution is 0.239. The minimum absolute atomic E-state index is 0. The molecule has 0 spiro atoms. The van der Waals surface area contributed by atoms with E-state index in [0.717, 1.165) is 37.9 Å². The predicted molar refractivity (Wildman–Crippen MR) is 124 cm³/mol.